The quantitative estimate of drug-likeness (QED) is 0.907. The van der Waals surface area contributed by atoms with Crippen LogP contribution in [0.3, 0.4) is 0 Å². The van der Waals surface area contributed by atoms with E-state index in [-0.39, 0.29) is 6.04 Å². The summed E-state index contributed by atoms with van der Waals surface area (Å²) in [6, 6.07) is 3.77. The monoisotopic (exact) mass is 309 g/mol. The van der Waals surface area contributed by atoms with Crippen molar-refractivity contribution < 1.29 is 9.90 Å². The van der Waals surface area contributed by atoms with Gasteiger partial charge in [0.15, 0.2) is 0 Å². The Kier molecular flexibility index (Phi) is 3.80. The Labute approximate surface area is 129 Å². The third-order valence-corrected chi connectivity index (χ3v) is 5.21. The number of aliphatic carboxylic acids is 1. The fourth-order valence-electron chi connectivity index (χ4n) is 3.75. The van der Waals surface area contributed by atoms with Crippen molar-refractivity contribution in [3.05, 3.63) is 23.4 Å². The third kappa shape index (κ3) is 2.49. The van der Waals surface area contributed by atoms with Crippen LogP contribution in [0.15, 0.2) is 18.3 Å². The van der Waals surface area contributed by atoms with Gasteiger partial charge in [-0.3, -0.25) is 4.79 Å². The third-order valence-electron chi connectivity index (χ3n) is 4.99. The lowest BCUT2D eigenvalue weighted by Crippen LogP contribution is -2.63. The van der Waals surface area contributed by atoms with Crippen LogP contribution in [-0.2, 0) is 4.79 Å². The molecule has 1 aromatic rings. The summed E-state index contributed by atoms with van der Waals surface area (Å²) >= 11 is 5.88. The first-order chi connectivity index (χ1) is 10.0. The number of pyridine rings is 1. The number of hydrogen-bond acceptors (Lipinski definition) is 4. The van der Waals surface area contributed by atoms with Gasteiger partial charge in [0, 0.05) is 25.3 Å². The number of carboxylic acid groups (broad SMARTS) is 1. The summed E-state index contributed by atoms with van der Waals surface area (Å²) in [5, 5.41) is 10.4. The first-order valence-electron chi connectivity index (χ1n) is 7.33. The van der Waals surface area contributed by atoms with Crippen molar-refractivity contribution in [3.8, 4) is 0 Å². The Balaban J connectivity index is 1.85. The maximum Gasteiger partial charge on any atom is 0.311 e. The molecule has 0 amide bonds. The molecule has 2 aliphatic rings. The van der Waals surface area contributed by atoms with E-state index in [1.807, 2.05) is 19.2 Å². The molecule has 6 heteroatoms. The van der Waals surface area contributed by atoms with Crippen LogP contribution in [0.5, 0.6) is 0 Å². The van der Waals surface area contributed by atoms with Gasteiger partial charge in [-0.1, -0.05) is 11.6 Å². The second kappa shape index (κ2) is 5.46. The molecule has 114 valence electrons. The fourth-order valence-corrected chi connectivity index (χ4v) is 3.86. The van der Waals surface area contributed by atoms with E-state index in [2.05, 4.69) is 14.8 Å². The molecule has 1 aromatic heterocycles. The van der Waals surface area contributed by atoms with Crippen LogP contribution in [0, 0.1) is 5.41 Å². The number of fused-ring (bicyclic) bond motifs is 1. The first-order valence-corrected chi connectivity index (χ1v) is 7.71. The van der Waals surface area contributed by atoms with E-state index in [4.69, 9.17) is 11.6 Å². The molecule has 2 aliphatic heterocycles. The van der Waals surface area contributed by atoms with Crippen molar-refractivity contribution in [2.75, 3.05) is 31.6 Å². The Hall–Kier alpha value is -1.33. The summed E-state index contributed by atoms with van der Waals surface area (Å²) < 4.78 is 0. The van der Waals surface area contributed by atoms with Crippen LogP contribution in [0.25, 0.3) is 0 Å². The minimum Gasteiger partial charge on any atom is -0.481 e. The Bertz CT molecular complexity index is 536. The summed E-state index contributed by atoms with van der Waals surface area (Å²) in [4.78, 5) is 20.6. The van der Waals surface area contributed by atoms with E-state index in [1.165, 1.54) is 0 Å². The topological polar surface area (TPSA) is 56.7 Å². The van der Waals surface area contributed by atoms with Crippen molar-refractivity contribution in [3.63, 3.8) is 0 Å². The molecule has 0 radical (unpaired) electrons. The van der Waals surface area contributed by atoms with Crippen molar-refractivity contribution >= 4 is 23.4 Å². The minimum absolute atomic E-state index is 0.0370. The van der Waals surface area contributed by atoms with Gasteiger partial charge in [-0.05, 0) is 45.0 Å². The molecular weight excluding hydrogens is 290 g/mol. The molecule has 3 heterocycles. The molecule has 0 unspecified atom stereocenters. The zero-order valence-electron chi connectivity index (χ0n) is 12.1. The van der Waals surface area contributed by atoms with Crippen molar-refractivity contribution in [2.45, 2.75) is 25.3 Å². The van der Waals surface area contributed by atoms with Gasteiger partial charge < -0.3 is 14.9 Å². The zero-order valence-corrected chi connectivity index (χ0v) is 12.9. The van der Waals surface area contributed by atoms with Gasteiger partial charge >= 0.3 is 5.97 Å². The summed E-state index contributed by atoms with van der Waals surface area (Å²) in [7, 11) is 2.03. The van der Waals surface area contributed by atoms with Crippen LogP contribution in [0.2, 0.25) is 5.02 Å². The van der Waals surface area contributed by atoms with Gasteiger partial charge in [0.25, 0.3) is 0 Å². The zero-order chi connectivity index (χ0) is 15.0. The van der Waals surface area contributed by atoms with E-state index in [0.717, 1.165) is 31.7 Å². The molecule has 0 saturated carbocycles. The second-order valence-electron chi connectivity index (χ2n) is 6.09. The minimum atomic E-state index is -0.650. The molecule has 1 N–H and O–H groups in total. The SMILES string of the molecule is CN1CCC[C@]2(C(=O)O)CCN(c3ccc(Cl)cn3)C[C@H]12. The van der Waals surface area contributed by atoms with Crippen LogP contribution in [0.4, 0.5) is 5.82 Å². The highest BCUT2D eigenvalue weighted by atomic mass is 35.5. The number of carboxylic acids is 1. The van der Waals surface area contributed by atoms with Crippen molar-refractivity contribution in [1.82, 2.24) is 9.88 Å². The van der Waals surface area contributed by atoms with Crippen LogP contribution >= 0.6 is 11.6 Å². The maximum absolute atomic E-state index is 11.9. The molecule has 21 heavy (non-hydrogen) atoms. The molecule has 0 aliphatic carbocycles. The number of piperidine rings is 2. The number of rotatable bonds is 2. The number of halogens is 1. The largest absolute Gasteiger partial charge is 0.481 e. The number of nitrogens with zero attached hydrogens (tertiary/aromatic N) is 3. The van der Waals surface area contributed by atoms with Crippen LogP contribution in [-0.4, -0.2) is 53.7 Å². The average molecular weight is 310 g/mol. The number of hydrogen-bond donors (Lipinski definition) is 1. The summed E-state index contributed by atoms with van der Waals surface area (Å²) in [6.07, 6.45) is 4.04. The number of likely N-dealkylation sites (N-methyl/N-ethyl adjacent to an activating group) is 1. The Morgan fingerprint density at radius 1 is 1.43 bits per heavy atom. The molecule has 3 rings (SSSR count). The lowest BCUT2D eigenvalue weighted by molar-refractivity contribution is -0.158. The van der Waals surface area contributed by atoms with Crippen molar-refractivity contribution in [2.24, 2.45) is 5.41 Å². The van der Waals surface area contributed by atoms with E-state index >= 15 is 0 Å². The molecule has 2 atom stereocenters. The maximum atomic E-state index is 11.9. The van der Waals surface area contributed by atoms with E-state index < -0.39 is 11.4 Å². The van der Waals surface area contributed by atoms with E-state index in [9.17, 15) is 9.90 Å². The highest BCUT2D eigenvalue weighted by Gasteiger charge is 2.52. The number of carbonyl (C=O) groups is 1. The number of anilines is 1. The Morgan fingerprint density at radius 2 is 2.24 bits per heavy atom. The smallest absolute Gasteiger partial charge is 0.311 e. The molecule has 0 bridgehead atoms. The molecular formula is C15H20ClN3O2. The average Bonchev–Trinajstić information content (AvgIpc) is 2.48. The van der Waals surface area contributed by atoms with Gasteiger partial charge in [0.05, 0.1) is 10.4 Å². The number of likely N-dealkylation sites (tertiary alicyclic amines) is 1. The van der Waals surface area contributed by atoms with Gasteiger partial charge in [-0.25, -0.2) is 4.98 Å². The van der Waals surface area contributed by atoms with E-state index in [0.29, 0.717) is 18.0 Å². The van der Waals surface area contributed by atoms with Gasteiger partial charge in [0.2, 0.25) is 0 Å². The van der Waals surface area contributed by atoms with Gasteiger partial charge in [-0.15, -0.1) is 0 Å². The predicted molar refractivity (Wildman–Crippen MR) is 81.8 cm³/mol. The fraction of sp³-hybridized carbons (Fsp3) is 0.600. The molecule has 0 aromatic carbocycles. The highest BCUT2D eigenvalue weighted by Crippen LogP contribution is 2.42. The van der Waals surface area contributed by atoms with E-state index in [1.54, 1.807) is 6.20 Å². The normalized spacial score (nSPS) is 30.0. The Morgan fingerprint density at radius 3 is 2.90 bits per heavy atom. The molecule has 0 spiro atoms. The second-order valence-corrected chi connectivity index (χ2v) is 6.53. The summed E-state index contributed by atoms with van der Waals surface area (Å²) in [5.74, 6) is 0.222. The number of aromatic nitrogens is 1. The lowest BCUT2D eigenvalue weighted by Gasteiger charge is -2.52. The standard InChI is InChI=1S/C15H20ClN3O2/c1-18-7-2-5-15(14(20)21)6-8-19(10-12(15)18)13-4-3-11(16)9-17-13/h3-4,9,12H,2,5-8,10H2,1H3,(H,20,21)/t12-,15-/m0/s1. The molecule has 5 nitrogen and oxygen atoms in total. The molecule has 2 saturated heterocycles. The predicted octanol–water partition coefficient (Wildman–Crippen LogP) is 2.11. The highest BCUT2D eigenvalue weighted by molar-refractivity contribution is 6.30. The summed E-state index contributed by atoms with van der Waals surface area (Å²) in [5.41, 5.74) is -0.601. The van der Waals surface area contributed by atoms with Gasteiger partial charge in [-0.2, -0.15) is 0 Å². The lowest BCUT2D eigenvalue weighted by atomic mass is 9.68. The van der Waals surface area contributed by atoms with Crippen LogP contribution in [0.1, 0.15) is 19.3 Å². The summed E-state index contributed by atoms with van der Waals surface area (Å²) in [6.45, 7) is 2.39. The molecule has 2 fully saturated rings. The van der Waals surface area contributed by atoms with Gasteiger partial charge in [0.1, 0.15) is 5.82 Å². The first kappa shape index (κ1) is 14.6. The van der Waals surface area contributed by atoms with Crippen LogP contribution < -0.4 is 4.90 Å². The van der Waals surface area contributed by atoms with Crippen molar-refractivity contribution in [1.29, 1.82) is 0 Å².